The Morgan fingerprint density at radius 1 is 1.10 bits per heavy atom. The minimum Gasteiger partial charge on any atom is -0.347 e. The molecule has 1 fully saturated rings. The molecule has 1 aromatic heterocycles. The van der Waals surface area contributed by atoms with Crippen molar-refractivity contribution in [1.29, 1.82) is 0 Å². The normalized spacial score (nSPS) is 17.1. The van der Waals surface area contributed by atoms with Crippen molar-refractivity contribution in [2.45, 2.75) is 39.3 Å². The number of piperazine rings is 1. The van der Waals surface area contributed by atoms with E-state index in [1.165, 1.54) is 0 Å². The maximum Gasteiger partial charge on any atom is 0.289 e. The van der Waals surface area contributed by atoms with E-state index in [1.807, 2.05) is 34.6 Å². The molecule has 2 amide bonds. The Labute approximate surface area is 171 Å². The summed E-state index contributed by atoms with van der Waals surface area (Å²) < 4.78 is 1.98. The number of nitrogens with zero attached hydrogens (tertiary/aromatic N) is 4. The van der Waals surface area contributed by atoms with Gasteiger partial charge in [-0.05, 0) is 38.8 Å². The van der Waals surface area contributed by atoms with E-state index in [0.717, 1.165) is 55.7 Å². The quantitative estimate of drug-likeness (QED) is 0.858. The molecule has 7 heteroatoms. The molecular weight excluding hydrogens is 366 g/mol. The minimum absolute atomic E-state index is 0.0565. The van der Waals surface area contributed by atoms with Crippen molar-refractivity contribution in [3.8, 4) is 0 Å². The lowest BCUT2D eigenvalue weighted by atomic mass is 10.1. The van der Waals surface area contributed by atoms with E-state index in [9.17, 15) is 9.59 Å². The summed E-state index contributed by atoms with van der Waals surface area (Å²) in [6.45, 7) is 6.37. The summed E-state index contributed by atoms with van der Waals surface area (Å²) in [5, 5.41) is 2.98. The van der Waals surface area contributed by atoms with Gasteiger partial charge in [0.25, 0.3) is 11.8 Å². The van der Waals surface area contributed by atoms with Gasteiger partial charge in [0.1, 0.15) is 5.69 Å². The summed E-state index contributed by atoms with van der Waals surface area (Å²) >= 11 is 0. The number of likely N-dealkylation sites (N-methyl/N-ethyl adjacent to an activating group) is 1. The number of nitrogens with one attached hydrogen (secondary N) is 1. The predicted molar refractivity (Wildman–Crippen MR) is 111 cm³/mol. The van der Waals surface area contributed by atoms with Gasteiger partial charge < -0.3 is 19.7 Å². The standard InChI is InChI=1S/C22H29N5O2/c1-16-6-5-7-17(14-16)15-23-21(28)19-18-8-3-4-9-27(18)20(24-19)22(29)26-12-10-25(2)11-13-26/h5-7,14H,3-4,8-13,15H2,1-2H3,(H,23,28). The van der Waals surface area contributed by atoms with Crippen LogP contribution >= 0.6 is 0 Å². The first-order chi connectivity index (χ1) is 14.0. The summed E-state index contributed by atoms with van der Waals surface area (Å²) in [4.78, 5) is 34.7. The van der Waals surface area contributed by atoms with Gasteiger partial charge in [-0.25, -0.2) is 4.98 Å². The van der Waals surface area contributed by atoms with Gasteiger partial charge in [0.2, 0.25) is 0 Å². The van der Waals surface area contributed by atoms with Crippen molar-refractivity contribution in [2.24, 2.45) is 0 Å². The zero-order chi connectivity index (χ0) is 20.4. The highest BCUT2D eigenvalue weighted by atomic mass is 16.2. The van der Waals surface area contributed by atoms with Crippen LogP contribution in [0.4, 0.5) is 0 Å². The fourth-order valence-corrected chi connectivity index (χ4v) is 4.13. The summed E-state index contributed by atoms with van der Waals surface area (Å²) in [6, 6.07) is 8.08. The van der Waals surface area contributed by atoms with Crippen LogP contribution in [-0.2, 0) is 19.5 Å². The summed E-state index contributed by atoms with van der Waals surface area (Å²) in [5.74, 6) is 0.165. The SMILES string of the molecule is Cc1cccc(CNC(=O)c2nc(C(=O)N3CCN(C)CC3)n3c2CCCC3)c1. The number of amides is 2. The highest BCUT2D eigenvalue weighted by Crippen LogP contribution is 2.22. The third kappa shape index (κ3) is 4.19. The second-order valence-corrected chi connectivity index (χ2v) is 8.11. The molecule has 0 radical (unpaired) electrons. The summed E-state index contributed by atoms with van der Waals surface area (Å²) in [6.07, 6.45) is 2.82. The number of aromatic nitrogens is 2. The molecular formula is C22H29N5O2. The van der Waals surface area contributed by atoms with E-state index in [2.05, 4.69) is 28.3 Å². The average Bonchev–Trinajstić information content (AvgIpc) is 3.12. The third-order valence-corrected chi connectivity index (χ3v) is 5.85. The van der Waals surface area contributed by atoms with Gasteiger partial charge in [0.05, 0.1) is 5.69 Å². The number of aryl methyl sites for hydroxylation is 1. The Morgan fingerprint density at radius 3 is 2.66 bits per heavy atom. The van der Waals surface area contributed by atoms with Crippen LogP contribution in [-0.4, -0.2) is 64.4 Å². The van der Waals surface area contributed by atoms with Crippen molar-refractivity contribution >= 4 is 11.8 Å². The van der Waals surface area contributed by atoms with Gasteiger partial charge in [-0.3, -0.25) is 9.59 Å². The van der Waals surface area contributed by atoms with E-state index in [1.54, 1.807) is 0 Å². The van der Waals surface area contributed by atoms with Crippen LogP contribution in [0.15, 0.2) is 24.3 Å². The largest absolute Gasteiger partial charge is 0.347 e. The molecule has 1 saturated heterocycles. The lowest BCUT2D eigenvalue weighted by molar-refractivity contribution is 0.0645. The Kier molecular flexibility index (Phi) is 5.67. The van der Waals surface area contributed by atoms with Gasteiger partial charge in [-0.2, -0.15) is 0 Å². The molecule has 7 nitrogen and oxygen atoms in total. The Hall–Kier alpha value is -2.67. The lowest BCUT2D eigenvalue weighted by Gasteiger charge is -2.32. The number of benzene rings is 1. The molecule has 1 N–H and O–H groups in total. The maximum atomic E-state index is 13.1. The fraction of sp³-hybridized carbons (Fsp3) is 0.500. The number of hydrogen-bond acceptors (Lipinski definition) is 4. The van der Waals surface area contributed by atoms with E-state index >= 15 is 0 Å². The number of carbonyl (C=O) groups excluding carboxylic acids is 2. The maximum absolute atomic E-state index is 13.1. The molecule has 2 aliphatic rings. The first-order valence-electron chi connectivity index (χ1n) is 10.4. The number of carbonyl (C=O) groups is 2. The van der Waals surface area contributed by atoms with Gasteiger partial charge in [0.15, 0.2) is 5.82 Å². The Bertz CT molecular complexity index is 912. The molecule has 29 heavy (non-hydrogen) atoms. The average molecular weight is 396 g/mol. The zero-order valence-corrected chi connectivity index (χ0v) is 17.3. The monoisotopic (exact) mass is 395 g/mol. The molecule has 3 heterocycles. The molecule has 0 unspecified atom stereocenters. The highest BCUT2D eigenvalue weighted by molar-refractivity contribution is 5.97. The van der Waals surface area contributed by atoms with Gasteiger partial charge in [-0.1, -0.05) is 29.8 Å². The first-order valence-corrected chi connectivity index (χ1v) is 10.4. The highest BCUT2D eigenvalue weighted by Gasteiger charge is 2.30. The summed E-state index contributed by atoms with van der Waals surface area (Å²) in [7, 11) is 2.07. The molecule has 0 bridgehead atoms. The number of imidazole rings is 1. The van der Waals surface area contributed by atoms with E-state index in [0.29, 0.717) is 31.2 Å². The van der Waals surface area contributed by atoms with Crippen molar-refractivity contribution in [2.75, 3.05) is 33.2 Å². The van der Waals surface area contributed by atoms with E-state index < -0.39 is 0 Å². The Balaban J connectivity index is 1.54. The number of hydrogen-bond donors (Lipinski definition) is 1. The fourth-order valence-electron chi connectivity index (χ4n) is 4.13. The van der Waals surface area contributed by atoms with Crippen LogP contribution in [0.1, 0.15) is 50.8 Å². The summed E-state index contributed by atoms with van der Waals surface area (Å²) in [5.41, 5.74) is 3.53. The molecule has 2 aliphatic heterocycles. The van der Waals surface area contributed by atoms with Crippen molar-refractivity contribution in [3.63, 3.8) is 0 Å². The molecule has 0 atom stereocenters. The number of fused-ring (bicyclic) bond motifs is 1. The van der Waals surface area contributed by atoms with Crippen LogP contribution in [0.5, 0.6) is 0 Å². The molecule has 1 aromatic carbocycles. The van der Waals surface area contributed by atoms with Gasteiger partial charge in [0, 0.05) is 39.3 Å². The minimum atomic E-state index is -0.199. The van der Waals surface area contributed by atoms with Crippen LogP contribution in [0, 0.1) is 6.92 Å². The molecule has 0 aliphatic carbocycles. The van der Waals surface area contributed by atoms with E-state index in [-0.39, 0.29) is 11.8 Å². The van der Waals surface area contributed by atoms with Gasteiger partial charge >= 0.3 is 0 Å². The predicted octanol–water partition coefficient (Wildman–Crippen LogP) is 1.85. The third-order valence-electron chi connectivity index (χ3n) is 5.85. The van der Waals surface area contributed by atoms with E-state index in [4.69, 9.17) is 0 Å². The van der Waals surface area contributed by atoms with Crippen LogP contribution in [0.2, 0.25) is 0 Å². The lowest BCUT2D eigenvalue weighted by Crippen LogP contribution is -2.47. The second-order valence-electron chi connectivity index (χ2n) is 8.11. The van der Waals surface area contributed by atoms with Crippen molar-refractivity contribution in [1.82, 2.24) is 24.7 Å². The Morgan fingerprint density at radius 2 is 1.90 bits per heavy atom. The van der Waals surface area contributed by atoms with Crippen LogP contribution < -0.4 is 5.32 Å². The topological polar surface area (TPSA) is 70.5 Å². The first kappa shape index (κ1) is 19.6. The smallest absolute Gasteiger partial charge is 0.289 e. The van der Waals surface area contributed by atoms with Gasteiger partial charge in [-0.15, -0.1) is 0 Å². The number of rotatable bonds is 4. The zero-order valence-electron chi connectivity index (χ0n) is 17.3. The molecule has 0 saturated carbocycles. The van der Waals surface area contributed by atoms with Crippen LogP contribution in [0.3, 0.4) is 0 Å². The van der Waals surface area contributed by atoms with Crippen molar-refractivity contribution < 1.29 is 9.59 Å². The molecule has 4 rings (SSSR count). The molecule has 0 spiro atoms. The van der Waals surface area contributed by atoms with Crippen molar-refractivity contribution in [3.05, 3.63) is 52.6 Å². The molecule has 154 valence electrons. The van der Waals surface area contributed by atoms with Crippen LogP contribution in [0.25, 0.3) is 0 Å². The second kappa shape index (κ2) is 8.37. The molecule has 2 aromatic rings.